The molecule has 0 fully saturated rings. The molecule has 4 aromatic rings. The van der Waals surface area contributed by atoms with Gasteiger partial charge in [0.2, 0.25) is 0 Å². The molecule has 194 valence electrons. The van der Waals surface area contributed by atoms with Gasteiger partial charge in [0.1, 0.15) is 11.5 Å². The minimum absolute atomic E-state index is 0.0393. The van der Waals surface area contributed by atoms with Crippen LogP contribution in [0.15, 0.2) is 54.6 Å². The van der Waals surface area contributed by atoms with Crippen LogP contribution in [0.3, 0.4) is 0 Å². The second-order valence-electron chi connectivity index (χ2n) is 11.5. The summed E-state index contributed by atoms with van der Waals surface area (Å²) in [6.45, 7) is 17.3. The minimum Gasteiger partial charge on any atom is -0.507 e. The van der Waals surface area contributed by atoms with Crippen LogP contribution in [0.5, 0.6) is 11.5 Å². The molecule has 0 unspecified atom stereocenters. The Bertz CT molecular complexity index is 1410. The molecule has 4 aromatic carbocycles. The standard InChI is InChI=1S/C34H41NO2/c1-18(2)23-11-9-12-24(19(3)4)30(23)27-16-15-22-17-28(35)32(34(37)29(22)33(27)36)31-25(20(5)6)13-10-14-26(31)21(7)8/h9-21,36-37H,35H2,1-8H3. The zero-order valence-electron chi connectivity index (χ0n) is 23.5. The zero-order chi connectivity index (χ0) is 27.2. The summed E-state index contributed by atoms with van der Waals surface area (Å²) in [5.74, 6) is 1.19. The summed E-state index contributed by atoms with van der Waals surface area (Å²) in [5, 5.41) is 24.9. The van der Waals surface area contributed by atoms with Crippen LogP contribution in [-0.4, -0.2) is 10.2 Å². The van der Waals surface area contributed by atoms with Crippen molar-refractivity contribution in [2.45, 2.75) is 79.1 Å². The molecule has 0 aliphatic heterocycles. The van der Waals surface area contributed by atoms with Gasteiger partial charge in [0.05, 0.1) is 5.39 Å². The predicted molar refractivity (Wildman–Crippen MR) is 159 cm³/mol. The van der Waals surface area contributed by atoms with Crippen LogP contribution in [0.1, 0.15) is 101 Å². The highest BCUT2D eigenvalue weighted by molar-refractivity contribution is 6.07. The van der Waals surface area contributed by atoms with E-state index in [-0.39, 0.29) is 35.2 Å². The molecular formula is C34H41NO2. The van der Waals surface area contributed by atoms with E-state index < -0.39 is 0 Å². The summed E-state index contributed by atoms with van der Waals surface area (Å²) in [5.41, 5.74) is 15.2. The molecule has 4 rings (SSSR count). The van der Waals surface area contributed by atoms with E-state index in [4.69, 9.17) is 5.73 Å². The van der Waals surface area contributed by atoms with Crippen molar-refractivity contribution in [1.29, 1.82) is 0 Å². The first-order valence-electron chi connectivity index (χ1n) is 13.5. The van der Waals surface area contributed by atoms with E-state index >= 15 is 0 Å². The number of hydrogen-bond donors (Lipinski definition) is 3. The maximum Gasteiger partial charge on any atom is 0.137 e. The molecule has 0 atom stereocenters. The number of aromatic hydroxyl groups is 2. The number of nitrogens with two attached hydrogens (primary N) is 1. The Hall–Kier alpha value is -3.46. The molecule has 0 saturated carbocycles. The normalized spacial score (nSPS) is 12.0. The molecule has 3 heteroatoms. The van der Waals surface area contributed by atoms with Gasteiger partial charge in [-0.3, -0.25) is 0 Å². The van der Waals surface area contributed by atoms with Gasteiger partial charge < -0.3 is 15.9 Å². The monoisotopic (exact) mass is 495 g/mol. The topological polar surface area (TPSA) is 66.5 Å². The van der Waals surface area contributed by atoms with Crippen molar-refractivity contribution in [3.63, 3.8) is 0 Å². The predicted octanol–water partition coefficient (Wildman–Crippen LogP) is 9.66. The highest BCUT2D eigenvalue weighted by atomic mass is 16.3. The number of benzene rings is 4. The maximum atomic E-state index is 11.9. The molecule has 0 bridgehead atoms. The van der Waals surface area contributed by atoms with Crippen molar-refractivity contribution in [2.24, 2.45) is 0 Å². The highest BCUT2D eigenvalue weighted by Crippen LogP contribution is 2.51. The summed E-state index contributed by atoms with van der Waals surface area (Å²) in [7, 11) is 0. The Balaban J connectivity index is 2.13. The van der Waals surface area contributed by atoms with Crippen LogP contribution < -0.4 is 5.73 Å². The van der Waals surface area contributed by atoms with Crippen molar-refractivity contribution in [3.8, 4) is 33.8 Å². The van der Waals surface area contributed by atoms with Crippen LogP contribution in [0.25, 0.3) is 33.0 Å². The average Bonchev–Trinajstić information content (AvgIpc) is 2.83. The molecule has 0 radical (unpaired) electrons. The van der Waals surface area contributed by atoms with Gasteiger partial charge in [-0.2, -0.15) is 0 Å². The van der Waals surface area contributed by atoms with Gasteiger partial charge in [0, 0.05) is 16.8 Å². The van der Waals surface area contributed by atoms with E-state index in [0.29, 0.717) is 16.6 Å². The summed E-state index contributed by atoms with van der Waals surface area (Å²) in [6.07, 6.45) is 0. The van der Waals surface area contributed by atoms with Gasteiger partial charge in [0.15, 0.2) is 0 Å². The van der Waals surface area contributed by atoms with Crippen LogP contribution >= 0.6 is 0 Å². The van der Waals surface area contributed by atoms with Crippen LogP contribution in [0, 0.1) is 0 Å². The molecule has 0 spiro atoms. The van der Waals surface area contributed by atoms with E-state index in [1.54, 1.807) is 0 Å². The molecule has 37 heavy (non-hydrogen) atoms. The molecule has 0 aliphatic rings. The van der Waals surface area contributed by atoms with Gasteiger partial charge in [-0.05, 0) is 74.6 Å². The van der Waals surface area contributed by atoms with Crippen LogP contribution in [0.4, 0.5) is 5.69 Å². The molecule has 3 nitrogen and oxygen atoms in total. The molecule has 0 amide bonds. The molecular weight excluding hydrogens is 454 g/mol. The number of fused-ring (bicyclic) bond motifs is 1. The summed E-state index contributed by atoms with van der Waals surface area (Å²) in [6, 6.07) is 18.5. The SMILES string of the molecule is CC(C)c1cccc(C(C)C)c1-c1ccc2cc(N)c(-c3c(C(C)C)cccc3C(C)C)c(O)c2c1O. The number of nitrogen functional groups attached to an aromatic ring is 1. The van der Waals surface area contributed by atoms with Crippen molar-refractivity contribution in [2.75, 3.05) is 5.73 Å². The van der Waals surface area contributed by atoms with Gasteiger partial charge in [-0.25, -0.2) is 0 Å². The summed E-state index contributed by atoms with van der Waals surface area (Å²) >= 11 is 0. The van der Waals surface area contributed by atoms with E-state index in [9.17, 15) is 10.2 Å². The lowest BCUT2D eigenvalue weighted by Crippen LogP contribution is -2.03. The Morgan fingerprint density at radius 2 is 0.973 bits per heavy atom. The van der Waals surface area contributed by atoms with Gasteiger partial charge in [0.25, 0.3) is 0 Å². The summed E-state index contributed by atoms with van der Waals surface area (Å²) < 4.78 is 0. The third-order valence-electron chi connectivity index (χ3n) is 7.55. The first-order valence-corrected chi connectivity index (χ1v) is 13.5. The van der Waals surface area contributed by atoms with Gasteiger partial charge >= 0.3 is 0 Å². The zero-order valence-corrected chi connectivity index (χ0v) is 23.5. The van der Waals surface area contributed by atoms with Crippen LogP contribution in [-0.2, 0) is 0 Å². The maximum absolute atomic E-state index is 11.9. The number of hydrogen-bond acceptors (Lipinski definition) is 3. The lowest BCUT2D eigenvalue weighted by atomic mass is 9.82. The second kappa shape index (κ2) is 10.1. The Kier molecular flexibility index (Phi) is 7.28. The fourth-order valence-corrected chi connectivity index (χ4v) is 5.64. The smallest absolute Gasteiger partial charge is 0.137 e. The van der Waals surface area contributed by atoms with Crippen molar-refractivity contribution >= 4 is 16.5 Å². The van der Waals surface area contributed by atoms with E-state index in [1.807, 2.05) is 18.2 Å². The van der Waals surface area contributed by atoms with Crippen molar-refractivity contribution in [3.05, 3.63) is 76.9 Å². The average molecular weight is 496 g/mol. The quantitative estimate of drug-likeness (QED) is 0.233. The van der Waals surface area contributed by atoms with Crippen molar-refractivity contribution in [1.82, 2.24) is 0 Å². The Morgan fingerprint density at radius 1 is 0.541 bits per heavy atom. The molecule has 0 saturated heterocycles. The molecule has 0 aromatic heterocycles. The van der Waals surface area contributed by atoms with Gasteiger partial charge in [-0.1, -0.05) is 97.9 Å². The molecule has 0 heterocycles. The lowest BCUT2D eigenvalue weighted by molar-refractivity contribution is 0.466. The molecule has 4 N–H and O–H groups in total. The molecule has 0 aliphatic carbocycles. The summed E-state index contributed by atoms with van der Waals surface area (Å²) in [4.78, 5) is 0. The van der Waals surface area contributed by atoms with E-state index in [1.165, 1.54) is 11.1 Å². The number of anilines is 1. The fraction of sp³-hybridized carbons (Fsp3) is 0.353. The highest BCUT2D eigenvalue weighted by Gasteiger charge is 2.25. The van der Waals surface area contributed by atoms with Crippen molar-refractivity contribution < 1.29 is 10.2 Å². The number of phenolic OH excluding ortho intramolecular Hbond substituents is 2. The number of phenols is 2. The van der Waals surface area contributed by atoms with Gasteiger partial charge in [-0.15, -0.1) is 0 Å². The van der Waals surface area contributed by atoms with E-state index in [2.05, 4.69) is 91.8 Å². The Labute approximate surface area is 222 Å². The fourth-order valence-electron chi connectivity index (χ4n) is 5.64. The first kappa shape index (κ1) is 26.6. The lowest BCUT2D eigenvalue weighted by Gasteiger charge is -2.24. The first-order chi connectivity index (χ1) is 17.5. The van der Waals surface area contributed by atoms with E-state index in [0.717, 1.165) is 33.2 Å². The third-order valence-corrected chi connectivity index (χ3v) is 7.55. The van der Waals surface area contributed by atoms with Crippen LogP contribution in [0.2, 0.25) is 0 Å². The Morgan fingerprint density at radius 3 is 1.41 bits per heavy atom. The second-order valence-corrected chi connectivity index (χ2v) is 11.5. The number of rotatable bonds is 6. The third kappa shape index (κ3) is 4.56. The largest absolute Gasteiger partial charge is 0.507 e. The minimum atomic E-state index is 0.0393.